The number of nitrogens with one attached hydrogen (secondary N) is 1. The van der Waals surface area contributed by atoms with Crippen LogP contribution in [0.2, 0.25) is 0 Å². The highest BCUT2D eigenvalue weighted by Gasteiger charge is 2.10. The summed E-state index contributed by atoms with van der Waals surface area (Å²) >= 11 is 1.69. The fraction of sp³-hybridized carbons (Fsp3) is 0.231. The van der Waals surface area contributed by atoms with Gasteiger partial charge in [0.25, 0.3) is 0 Å². The van der Waals surface area contributed by atoms with Crippen LogP contribution in [0, 0.1) is 0 Å². The second-order valence-corrected chi connectivity index (χ2v) is 7.17. The maximum absolute atomic E-state index is 11.6. The zero-order valence-electron chi connectivity index (χ0n) is 10.1. The van der Waals surface area contributed by atoms with Gasteiger partial charge in [0.2, 0.25) is 0 Å². The Morgan fingerprint density at radius 3 is 2.44 bits per heavy atom. The van der Waals surface area contributed by atoms with Gasteiger partial charge in [0, 0.05) is 17.1 Å². The van der Waals surface area contributed by atoms with Gasteiger partial charge in [-0.1, -0.05) is 13.0 Å². The molecule has 0 unspecified atom stereocenters. The highest BCUT2D eigenvalue weighted by atomic mass is 32.2. The summed E-state index contributed by atoms with van der Waals surface area (Å²) in [5, 5.41) is 5.29. The molecule has 0 aliphatic carbocycles. The number of rotatable bonds is 5. The standard InChI is InChI=1S/C13H15NO2S2/c1-2-18(15,16)13-7-5-11(6-8-13)14-10-12-4-3-9-17-12/h3-9,14H,2,10H2,1H3. The Morgan fingerprint density at radius 2 is 1.89 bits per heavy atom. The molecule has 96 valence electrons. The molecule has 1 N–H and O–H groups in total. The molecule has 0 spiro atoms. The zero-order valence-corrected chi connectivity index (χ0v) is 11.7. The molecule has 0 radical (unpaired) electrons. The fourth-order valence-electron chi connectivity index (χ4n) is 1.55. The number of thiophene rings is 1. The molecule has 2 aromatic rings. The van der Waals surface area contributed by atoms with Gasteiger partial charge in [0.1, 0.15) is 0 Å². The molecule has 0 saturated heterocycles. The normalized spacial score (nSPS) is 11.4. The molecule has 0 aliphatic rings. The number of sulfone groups is 1. The van der Waals surface area contributed by atoms with Crippen LogP contribution < -0.4 is 5.32 Å². The Bertz CT molecular complexity index is 586. The van der Waals surface area contributed by atoms with E-state index in [4.69, 9.17) is 0 Å². The van der Waals surface area contributed by atoms with Crippen molar-refractivity contribution in [1.82, 2.24) is 0 Å². The Hall–Kier alpha value is -1.33. The van der Waals surface area contributed by atoms with Gasteiger partial charge in [0.05, 0.1) is 10.6 Å². The van der Waals surface area contributed by atoms with E-state index in [9.17, 15) is 8.42 Å². The summed E-state index contributed by atoms with van der Waals surface area (Å²) in [4.78, 5) is 1.63. The monoisotopic (exact) mass is 281 g/mol. The predicted molar refractivity (Wildman–Crippen MR) is 75.8 cm³/mol. The van der Waals surface area contributed by atoms with Crippen LogP contribution in [0.4, 0.5) is 5.69 Å². The molecule has 1 aromatic heterocycles. The van der Waals surface area contributed by atoms with E-state index in [1.165, 1.54) is 4.88 Å². The SMILES string of the molecule is CCS(=O)(=O)c1ccc(NCc2cccs2)cc1. The maximum Gasteiger partial charge on any atom is 0.178 e. The molecule has 0 fully saturated rings. The highest BCUT2D eigenvalue weighted by Crippen LogP contribution is 2.17. The van der Waals surface area contributed by atoms with E-state index in [0.29, 0.717) is 4.90 Å². The third kappa shape index (κ3) is 3.11. The second-order valence-electron chi connectivity index (χ2n) is 3.86. The average molecular weight is 281 g/mol. The lowest BCUT2D eigenvalue weighted by Crippen LogP contribution is -2.04. The summed E-state index contributed by atoms with van der Waals surface area (Å²) in [6, 6.07) is 11.0. The second kappa shape index (κ2) is 5.54. The number of anilines is 1. The van der Waals surface area contributed by atoms with Crippen molar-refractivity contribution in [3.05, 3.63) is 46.7 Å². The molecular formula is C13H15NO2S2. The van der Waals surface area contributed by atoms with Crippen LogP contribution in [0.3, 0.4) is 0 Å². The van der Waals surface area contributed by atoms with Gasteiger partial charge in [-0.15, -0.1) is 11.3 Å². The van der Waals surface area contributed by atoms with Crippen molar-refractivity contribution in [1.29, 1.82) is 0 Å². The van der Waals surface area contributed by atoms with Crippen LogP contribution in [-0.2, 0) is 16.4 Å². The van der Waals surface area contributed by atoms with Crippen LogP contribution in [0.15, 0.2) is 46.7 Å². The first kappa shape index (κ1) is 13.1. The first-order valence-electron chi connectivity index (χ1n) is 5.71. The lowest BCUT2D eigenvalue weighted by atomic mass is 10.3. The summed E-state index contributed by atoms with van der Waals surface area (Å²) in [5.41, 5.74) is 0.929. The van der Waals surface area contributed by atoms with Crippen LogP contribution in [-0.4, -0.2) is 14.2 Å². The van der Waals surface area contributed by atoms with E-state index >= 15 is 0 Å². The molecule has 2 rings (SSSR count). The van der Waals surface area contributed by atoms with Gasteiger partial charge in [-0.3, -0.25) is 0 Å². The largest absolute Gasteiger partial charge is 0.380 e. The highest BCUT2D eigenvalue weighted by molar-refractivity contribution is 7.91. The lowest BCUT2D eigenvalue weighted by molar-refractivity contribution is 0.597. The molecular weight excluding hydrogens is 266 g/mol. The number of benzene rings is 1. The molecule has 18 heavy (non-hydrogen) atoms. The predicted octanol–water partition coefficient (Wildman–Crippen LogP) is 3.15. The molecule has 0 saturated carbocycles. The van der Waals surface area contributed by atoms with Gasteiger partial charge < -0.3 is 5.32 Å². The van der Waals surface area contributed by atoms with Crippen molar-refractivity contribution >= 4 is 26.9 Å². The van der Waals surface area contributed by atoms with Crippen molar-refractivity contribution in [2.75, 3.05) is 11.1 Å². The molecule has 0 atom stereocenters. The smallest absolute Gasteiger partial charge is 0.178 e. The van der Waals surface area contributed by atoms with Crippen molar-refractivity contribution < 1.29 is 8.42 Å². The summed E-state index contributed by atoms with van der Waals surface area (Å²) in [6.45, 7) is 2.41. The van der Waals surface area contributed by atoms with E-state index in [1.54, 1.807) is 42.5 Å². The van der Waals surface area contributed by atoms with Crippen LogP contribution in [0.5, 0.6) is 0 Å². The van der Waals surface area contributed by atoms with E-state index < -0.39 is 9.84 Å². The van der Waals surface area contributed by atoms with Crippen LogP contribution >= 0.6 is 11.3 Å². The number of hydrogen-bond acceptors (Lipinski definition) is 4. The van der Waals surface area contributed by atoms with E-state index in [0.717, 1.165) is 12.2 Å². The van der Waals surface area contributed by atoms with Gasteiger partial charge in [-0.05, 0) is 35.7 Å². The van der Waals surface area contributed by atoms with E-state index in [-0.39, 0.29) is 5.75 Å². The maximum atomic E-state index is 11.6. The van der Waals surface area contributed by atoms with Crippen molar-refractivity contribution in [3.63, 3.8) is 0 Å². The topological polar surface area (TPSA) is 46.2 Å². The molecule has 1 aromatic carbocycles. The third-order valence-corrected chi connectivity index (χ3v) is 5.27. The van der Waals surface area contributed by atoms with Gasteiger partial charge in [0.15, 0.2) is 9.84 Å². The van der Waals surface area contributed by atoms with Crippen LogP contribution in [0.25, 0.3) is 0 Å². The Kier molecular flexibility index (Phi) is 4.04. The van der Waals surface area contributed by atoms with Gasteiger partial charge >= 0.3 is 0 Å². The van der Waals surface area contributed by atoms with Gasteiger partial charge in [-0.2, -0.15) is 0 Å². The molecule has 0 bridgehead atoms. The van der Waals surface area contributed by atoms with Gasteiger partial charge in [-0.25, -0.2) is 8.42 Å². The summed E-state index contributed by atoms with van der Waals surface area (Å²) < 4.78 is 23.3. The lowest BCUT2D eigenvalue weighted by Gasteiger charge is -2.06. The molecule has 0 amide bonds. The Balaban J connectivity index is 2.04. The molecule has 3 nitrogen and oxygen atoms in total. The van der Waals surface area contributed by atoms with Crippen LogP contribution in [0.1, 0.15) is 11.8 Å². The first-order chi connectivity index (χ1) is 8.62. The quantitative estimate of drug-likeness (QED) is 0.915. The summed E-state index contributed by atoms with van der Waals surface area (Å²) in [7, 11) is -3.10. The van der Waals surface area contributed by atoms with Crippen molar-refractivity contribution in [3.8, 4) is 0 Å². The molecule has 5 heteroatoms. The van der Waals surface area contributed by atoms with Crippen molar-refractivity contribution in [2.45, 2.75) is 18.4 Å². The molecule has 1 heterocycles. The third-order valence-electron chi connectivity index (χ3n) is 2.64. The van der Waals surface area contributed by atoms with E-state index in [2.05, 4.69) is 11.4 Å². The fourth-order valence-corrected chi connectivity index (χ4v) is 3.08. The zero-order chi connectivity index (χ0) is 13.0. The molecule has 0 aliphatic heterocycles. The summed E-state index contributed by atoms with van der Waals surface area (Å²) in [6.07, 6.45) is 0. The average Bonchev–Trinajstić information content (AvgIpc) is 2.90. The van der Waals surface area contributed by atoms with Crippen molar-refractivity contribution in [2.24, 2.45) is 0 Å². The minimum Gasteiger partial charge on any atom is -0.380 e. The number of hydrogen-bond donors (Lipinski definition) is 1. The Morgan fingerprint density at radius 1 is 1.17 bits per heavy atom. The minimum absolute atomic E-state index is 0.134. The summed E-state index contributed by atoms with van der Waals surface area (Å²) in [5.74, 6) is 0.134. The first-order valence-corrected chi connectivity index (χ1v) is 8.24. The van der Waals surface area contributed by atoms with E-state index in [1.807, 2.05) is 11.4 Å². The Labute approximate surface area is 111 Å². The minimum atomic E-state index is -3.10.